The highest BCUT2D eigenvalue weighted by atomic mass is 32.2. The van der Waals surface area contributed by atoms with Crippen molar-refractivity contribution in [2.45, 2.75) is 24.8 Å². The Bertz CT molecular complexity index is 611. The number of hydrogen-bond donors (Lipinski definition) is 3. The molecular weight excluding hydrogens is 300 g/mol. The Kier molecular flexibility index (Phi) is 5.15. The van der Waals surface area contributed by atoms with Gasteiger partial charge < -0.3 is 11.5 Å². The van der Waals surface area contributed by atoms with Gasteiger partial charge >= 0.3 is 0 Å². The molecule has 0 saturated heterocycles. The quantitative estimate of drug-likeness (QED) is 0.607. The number of thiocarbonyl (C=S) groups is 1. The number of pyridine rings is 1. The van der Waals surface area contributed by atoms with Gasteiger partial charge in [0.05, 0.1) is 5.69 Å². The average Bonchev–Trinajstić information content (AvgIpc) is 2.35. The van der Waals surface area contributed by atoms with E-state index >= 15 is 0 Å². The lowest BCUT2D eigenvalue weighted by Crippen LogP contribution is -2.47. The number of aromatic nitrogens is 1. The lowest BCUT2D eigenvalue weighted by atomic mass is 10.1. The van der Waals surface area contributed by atoms with Gasteiger partial charge in [-0.3, -0.25) is 9.78 Å². The first-order valence-corrected chi connectivity index (χ1v) is 7.62. The minimum Gasteiger partial charge on any atom is -0.388 e. The molecule has 0 aliphatic carbocycles. The molecule has 7 nitrogen and oxygen atoms in total. The largest absolute Gasteiger partial charge is 0.388 e. The number of rotatable bonds is 6. The summed E-state index contributed by atoms with van der Waals surface area (Å²) in [5.41, 5.74) is 10.9. The predicted octanol–water partition coefficient (Wildman–Crippen LogP) is -0.496. The highest BCUT2D eigenvalue weighted by Crippen LogP contribution is 2.11. The first-order valence-electron chi connectivity index (χ1n) is 5.72. The molecule has 1 aromatic rings. The number of primary amides is 1. The van der Waals surface area contributed by atoms with Crippen molar-refractivity contribution >= 4 is 33.1 Å². The molecule has 0 fully saturated rings. The summed E-state index contributed by atoms with van der Waals surface area (Å²) < 4.78 is 26.5. The third-order valence-corrected chi connectivity index (χ3v) is 4.19. The zero-order chi connectivity index (χ0) is 15.5. The third-order valence-electron chi connectivity index (χ3n) is 2.55. The third kappa shape index (κ3) is 3.95. The van der Waals surface area contributed by atoms with E-state index in [0.717, 1.165) is 6.20 Å². The molecule has 1 aromatic heterocycles. The summed E-state index contributed by atoms with van der Waals surface area (Å²) in [5.74, 6) is -1.01. The second-order valence-corrected chi connectivity index (χ2v) is 6.64. The molecule has 0 saturated carbocycles. The van der Waals surface area contributed by atoms with Gasteiger partial charge in [0.15, 0.2) is 0 Å². The second-order valence-electron chi connectivity index (χ2n) is 4.49. The van der Waals surface area contributed by atoms with Crippen LogP contribution in [0.3, 0.4) is 0 Å². The fourth-order valence-corrected chi connectivity index (χ4v) is 2.86. The van der Waals surface area contributed by atoms with Crippen LogP contribution in [0.5, 0.6) is 0 Å². The summed E-state index contributed by atoms with van der Waals surface area (Å²) in [6.45, 7) is 3.37. The maximum atomic E-state index is 12.1. The van der Waals surface area contributed by atoms with E-state index in [1.165, 1.54) is 12.1 Å². The van der Waals surface area contributed by atoms with Gasteiger partial charge in [-0.15, -0.1) is 0 Å². The lowest BCUT2D eigenvalue weighted by molar-refractivity contribution is -0.120. The van der Waals surface area contributed by atoms with Crippen molar-refractivity contribution in [2.24, 2.45) is 17.4 Å². The van der Waals surface area contributed by atoms with Crippen LogP contribution in [0, 0.1) is 5.92 Å². The van der Waals surface area contributed by atoms with E-state index in [1.54, 1.807) is 13.8 Å². The van der Waals surface area contributed by atoms with Crippen LogP contribution in [-0.2, 0) is 14.8 Å². The van der Waals surface area contributed by atoms with Crippen molar-refractivity contribution in [3.8, 4) is 0 Å². The first-order chi connectivity index (χ1) is 9.15. The molecule has 0 bridgehead atoms. The molecule has 9 heteroatoms. The smallest absolute Gasteiger partial charge is 0.242 e. The van der Waals surface area contributed by atoms with Gasteiger partial charge in [-0.05, 0) is 18.1 Å². The number of carbonyl (C=O) groups is 1. The van der Waals surface area contributed by atoms with Crippen LogP contribution >= 0.6 is 12.2 Å². The van der Waals surface area contributed by atoms with Crippen LogP contribution in [0.15, 0.2) is 23.2 Å². The van der Waals surface area contributed by atoms with Crippen LogP contribution in [-0.4, -0.2) is 30.3 Å². The van der Waals surface area contributed by atoms with Crippen LogP contribution < -0.4 is 16.2 Å². The molecule has 1 amide bonds. The van der Waals surface area contributed by atoms with E-state index in [0.29, 0.717) is 5.69 Å². The molecular formula is C11H16N4O3S2. The van der Waals surface area contributed by atoms with Gasteiger partial charge in [-0.2, -0.15) is 4.72 Å². The summed E-state index contributed by atoms with van der Waals surface area (Å²) >= 11 is 4.73. The number of sulfonamides is 1. The zero-order valence-corrected chi connectivity index (χ0v) is 12.7. The summed E-state index contributed by atoms with van der Waals surface area (Å²) in [4.78, 5) is 15.1. The van der Waals surface area contributed by atoms with Gasteiger partial charge in [0.2, 0.25) is 15.9 Å². The van der Waals surface area contributed by atoms with Crippen LogP contribution in [0.4, 0.5) is 0 Å². The van der Waals surface area contributed by atoms with Crippen molar-refractivity contribution in [3.05, 3.63) is 24.0 Å². The van der Waals surface area contributed by atoms with E-state index in [4.69, 9.17) is 23.7 Å². The fourth-order valence-electron chi connectivity index (χ4n) is 1.44. The van der Waals surface area contributed by atoms with Crippen molar-refractivity contribution in [1.29, 1.82) is 0 Å². The Labute approximate surface area is 122 Å². The molecule has 0 aliphatic rings. The normalized spacial score (nSPS) is 13.2. The van der Waals surface area contributed by atoms with E-state index in [9.17, 15) is 13.2 Å². The minimum atomic E-state index is -3.89. The molecule has 0 aromatic carbocycles. The average molecular weight is 316 g/mol. The lowest BCUT2D eigenvalue weighted by Gasteiger charge is -2.18. The van der Waals surface area contributed by atoms with Gasteiger partial charge in [0, 0.05) is 6.20 Å². The Balaban J connectivity index is 3.04. The summed E-state index contributed by atoms with van der Waals surface area (Å²) in [6.07, 6.45) is 1.12. The van der Waals surface area contributed by atoms with Gasteiger partial charge in [-0.1, -0.05) is 26.1 Å². The van der Waals surface area contributed by atoms with E-state index < -0.39 is 22.0 Å². The van der Waals surface area contributed by atoms with Crippen molar-refractivity contribution in [3.63, 3.8) is 0 Å². The van der Waals surface area contributed by atoms with Crippen molar-refractivity contribution < 1.29 is 13.2 Å². The number of nitrogens with zero attached hydrogens (tertiary/aromatic N) is 1. The van der Waals surface area contributed by atoms with Gasteiger partial charge in [0.1, 0.15) is 15.9 Å². The molecule has 1 unspecified atom stereocenters. The molecule has 0 aliphatic heterocycles. The Morgan fingerprint density at radius 3 is 2.30 bits per heavy atom. The summed E-state index contributed by atoms with van der Waals surface area (Å²) in [6, 6.07) is 1.71. The monoisotopic (exact) mass is 316 g/mol. The maximum Gasteiger partial charge on any atom is 0.242 e. The molecule has 1 heterocycles. The van der Waals surface area contributed by atoms with Crippen LogP contribution in [0.2, 0.25) is 0 Å². The first kappa shape index (κ1) is 16.5. The number of carbonyl (C=O) groups excluding carboxylic acids is 1. The van der Waals surface area contributed by atoms with Crippen LogP contribution in [0.25, 0.3) is 0 Å². The highest BCUT2D eigenvalue weighted by molar-refractivity contribution is 7.89. The van der Waals surface area contributed by atoms with Crippen molar-refractivity contribution in [2.75, 3.05) is 0 Å². The molecule has 20 heavy (non-hydrogen) atoms. The maximum absolute atomic E-state index is 12.1. The molecule has 1 rings (SSSR count). The number of nitrogens with two attached hydrogens (primary N) is 2. The highest BCUT2D eigenvalue weighted by Gasteiger charge is 2.26. The van der Waals surface area contributed by atoms with Gasteiger partial charge in [0.25, 0.3) is 0 Å². The molecule has 110 valence electrons. The Morgan fingerprint density at radius 2 is 1.95 bits per heavy atom. The number of hydrogen-bond acceptors (Lipinski definition) is 5. The van der Waals surface area contributed by atoms with Gasteiger partial charge in [-0.25, -0.2) is 8.42 Å². The van der Waals surface area contributed by atoms with E-state index in [1.807, 2.05) is 0 Å². The zero-order valence-electron chi connectivity index (χ0n) is 11.0. The Hall–Kier alpha value is -1.58. The molecule has 1 atom stereocenters. The molecule has 5 N–H and O–H groups in total. The SMILES string of the molecule is CC(C)C(NS(=O)(=O)c1ccc(C(N)=S)nc1)C(N)=O. The van der Waals surface area contributed by atoms with Crippen molar-refractivity contribution in [1.82, 2.24) is 9.71 Å². The van der Waals surface area contributed by atoms with E-state index in [-0.39, 0.29) is 15.8 Å². The number of nitrogens with one attached hydrogen (secondary N) is 1. The predicted molar refractivity (Wildman–Crippen MR) is 78.3 cm³/mol. The Morgan fingerprint density at radius 1 is 1.35 bits per heavy atom. The molecule has 0 radical (unpaired) electrons. The minimum absolute atomic E-state index is 0.0686. The summed E-state index contributed by atoms with van der Waals surface area (Å²) in [7, 11) is -3.89. The topological polar surface area (TPSA) is 128 Å². The summed E-state index contributed by atoms with van der Waals surface area (Å²) in [5, 5.41) is 0. The fraction of sp³-hybridized carbons (Fsp3) is 0.364. The number of amides is 1. The second kappa shape index (κ2) is 6.25. The van der Waals surface area contributed by atoms with E-state index in [2.05, 4.69) is 9.71 Å². The standard InChI is InChI=1S/C11H16N4O3S2/c1-6(2)9(10(12)16)15-20(17,18)7-3-4-8(11(13)19)14-5-7/h3-6,9,15H,1-2H3,(H2,12,16)(H2,13,19). The molecule has 0 spiro atoms. The van der Waals surface area contributed by atoms with Crippen LogP contribution in [0.1, 0.15) is 19.5 Å².